The third kappa shape index (κ3) is 4.22. The number of rotatable bonds is 5. The van der Waals surface area contributed by atoms with Crippen LogP contribution in [0.5, 0.6) is 0 Å². The van der Waals surface area contributed by atoms with Crippen LogP contribution in [-0.4, -0.2) is 28.1 Å². The lowest BCUT2D eigenvalue weighted by Crippen LogP contribution is -2.37. The van der Waals surface area contributed by atoms with Gasteiger partial charge in [0.05, 0.1) is 4.90 Å². The largest absolute Gasteiger partial charge is 0.316 e. The van der Waals surface area contributed by atoms with E-state index in [-0.39, 0.29) is 10.9 Å². The van der Waals surface area contributed by atoms with E-state index in [0.29, 0.717) is 16.0 Å². The number of nitrogens with one attached hydrogen (secondary N) is 2. The molecule has 0 amide bonds. The van der Waals surface area contributed by atoms with E-state index in [1.165, 1.54) is 6.07 Å². The quantitative estimate of drug-likeness (QED) is 0.861. The van der Waals surface area contributed by atoms with Crippen molar-refractivity contribution in [3.8, 4) is 0 Å². The monoisotopic (exact) mass is 340 g/mol. The fraction of sp³-hybridized carbons (Fsp3) is 0.400. The zero-order chi connectivity index (χ0) is 13.1. The van der Waals surface area contributed by atoms with Crippen LogP contribution < -0.4 is 10.0 Å². The zero-order valence-electron chi connectivity index (χ0n) is 9.50. The molecule has 0 saturated carbocycles. The Kier molecular flexibility index (Phi) is 5.40. The Hall–Kier alpha value is -0.140. The van der Waals surface area contributed by atoms with Crippen LogP contribution in [0.2, 0.25) is 5.02 Å². The molecule has 0 aliphatic carbocycles. The molecule has 0 saturated heterocycles. The van der Waals surface area contributed by atoms with Gasteiger partial charge in [0.2, 0.25) is 10.0 Å². The molecule has 0 aromatic heterocycles. The fourth-order valence-electron chi connectivity index (χ4n) is 1.11. The van der Waals surface area contributed by atoms with Gasteiger partial charge in [-0.1, -0.05) is 11.6 Å². The van der Waals surface area contributed by atoms with Gasteiger partial charge in [-0.05, 0) is 48.1 Å². The van der Waals surface area contributed by atoms with Crippen LogP contribution in [0.4, 0.5) is 0 Å². The molecule has 0 radical (unpaired) electrons. The molecule has 1 aromatic carbocycles. The van der Waals surface area contributed by atoms with Crippen molar-refractivity contribution in [3.63, 3.8) is 0 Å². The molecular weight excluding hydrogens is 328 g/mol. The molecular formula is C10H14BrClN2O2S. The van der Waals surface area contributed by atoms with E-state index in [0.717, 1.165) is 0 Å². The Morgan fingerprint density at radius 3 is 2.65 bits per heavy atom. The second-order valence-electron chi connectivity index (χ2n) is 3.62. The molecule has 0 heterocycles. The van der Waals surface area contributed by atoms with Crippen molar-refractivity contribution in [1.82, 2.24) is 10.0 Å². The smallest absolute Gasteiger partial charge is 0.241 e. The van der Waals surface area contributed by atoms with Gasteiger partial charge < -0.3 is 5.32 Å². The van der Waals surface area contributed by atoms with Crippen LogP contribution in [0.15, 0.2) is 27.6 Å². The Morgan fingerprint density at radius 2 is 2.12 bits per heavy atom. The second-order valence-corrected chi connectivity index (χ2v) is 6.64. The van der Waals surface area contributed by atoms with Crippen molar-refractivity contribution in [3.05, 3.63) is 27.7 Å². The Morgan fingerprint density at radius 1 is 1.47 bits per heavy atom. The topological polar surface area (TPSA) is 58.2 Å². The van der Waals surface area contributed by atoms with Crippen LogP contribution in [0.25, 0.3) is 0 Å². The van der Waals surface area contributed by atoms with E-state index in [4.69, 9.17) is 11.6 Å². The summed E-state index contributed by atoms with van der Waals surface area (Å²) in [5.74, 6) is 0. The van der Waals surface area contributed by atoms with Crippen molar-refractivity contribution >= 4 is 37.6 Å². The summed E-state index contributed by atoms with van der Waals surface area (Å²) in [5, 5.41) is 3.44. The number of halogens is 2. The van der Waals surface area contributed by atoms with E-state index in [1.54, 1.807) is 19.2 Å². The van der Waals surface area contributed by atoms with E-state index in [2.05, 4.69) is 26.0 Å². The van der Waals surface area contributed by atoms with Crippen LogP contribution in [0.1, 0.15) is 6.92 Å². The summed E-state index contributed by atoms with van der Waals surface area (Å²) >= 11 is 8.95. The van der Waals surface area contributed by atoms with Crippen LogP contribution >= 0.6 is 27.5 Å². The maximum absolute atomic E-state index is 12.0. The standard InChI is InChI=1S/C10H14BrClN2O2S/c1-7(13-2)6-14-17(15,16)10-4-3-8(12)5-9(10)11/h3-5,7,13-14H,6H2,1-2H3. The van der Waals surface area contributed by atoms with Gasteiger partial charge in [0.25, 0.3) is 0 Å². The van der Waals surface area contributed by atoms with E-state index < -0.39 is 10.0 Å². The zero-order valence-corrected chi connectivity index (χ0v) is 12.7. The number of likely N-dealkylation sites (N-methyl/N-ethyl adjacent to an activating group) is 1. The van der Waals surface area contributed by atoms with Gasteiger partial charge in [-0.15, -0.1) is 0 Å². The van der Waals surface area contributed by atoms with Crippen molar-refractivity contribution in [2.24, 2.45) is 0 Å². The third-order valence-corrected chi connectivity index (χ3v) is 4.89. The summed E-state index contributed by atoms with van der Waals surface area (Å²) in [5.41, 5.74) is 0. The fourth-order valence-corrected chi connectivity index (χ4v) is 3.62. The number of hydrogen-bond donors (Lipinski definition) is 2. The lowest BCUT2D eigenvalue weighted by Gasteiger charge is -2.12. The highest BCUT2D eigenvalue weighted by molar-refractivity contribution is 9.10. The molecule has 7 heteroatoms. The highest BCUT2D eigenvalue weighted by atomic mass is 79.9. The molecule has 0 bridgehead atoms. The first-order valence-corrected chi connectivity index (χ1v) is 7.64. The van der Waals surface area contributed by atoms with E-state index in [1.807, 2.05) is 6.92 Å². The van der Waals surface area contributed by atoms with Gasteiger partial charge >= 0.3 is 0 Å². The summed E-state index contributed by atoms with van der Waals surface area (Å²) in [7, 11) is -1.73. The molecule has 1 rings (SSSR count). The van der Waals surface area contributed by atoms with Gasteiger partial charge in [-0.3, -0.25) is 0 Å². The Balaban J connectivity index is 2.90. The summed E-state index contributed by atoms with van der Waals surface area (Å²) in [6.45, 7) is 2.22. The highest BCUT2D eigenvalue weighted by Gasteiger charge is 2.17. The van der Waals surface area contributed by atoms with Gasteiger partial charge in [-0.25, -0.2) is 13.1 Å². The maximum atomic E-state index is 12.0. The average molecular weight is 342 g/mol. The molecule has 4 nitrogen and oxygen atoms in total. The molecule has 0 spiro atoms. The molecule has 2 N–H and O–H groups in total. The molecule has 1 unspecified atom stereocenters. The van der Waals surface area contributed by atoms with Gasteiger partial charge in [0.1, 0.15) is 0 Å². The lowest BCUT2D eigenvalue weighted by molar-refractivity contribution is 0.554. The minimum atomic E-state index is -3.51. The van der Waals surface area contributed by atoms with Crippen molar-refractivity contribution < 1.29 is 8.42 Å². The third-order valence-electron chi connectivity index (χ3n) is 2.26. The van der Waals surface area contributed by atoms with Gasteiger partial charge in [0.15, 0.2) is 0 Å². The van der Waals surface area contributed by atoms with Crippen LogP contribution in [-0.2, 0) is 10.0 Å². The molecule has 0 aliphatic heterocycles. The number of benzene rings is 1. The maximum Gasteiger partial charge on any atom is 0.241 e. The van der Waals surface area contributed by atoms with Crippen molar-refractivity contribution in [1.29, 1.82) is 0 Å². The molecule has 1 atom stereocenters. The normalized spacial score (nSPS) is 13.6. The second kappa shape index (κ2) is 6.15. The molecule has 0 fully saturated rings. The first kappa shape index (κ1) is 14.9. The summed E-state index contributed by atoms with van der Waals surface area (Å²) in [6.07, 6.45) is 0. The van der Waals surface area contributed by atoms with E-state index >= 15 is 0 Å². The Labute approximate surface area is 115 Å². The first-order valence-electron chi connectivity index (χ1n) is 4.99. The minimum Gasteiger partial charge on any atom is -0.316 e. The number of sulfonamides is 1. The predicted octanol–water partition coefficient (Wildman–Crippen LogP) is 1.99. The summed E-state index contributed by atoms with van der Waals surface area (Å²) in [4.78, 5) is 0.185. The molecule has 0 aliphatic rings. The van der Waals surface area contributed by atoms with Crippen molar-refractivity contribution in [2.75, 3.05) is 13.6 Å². The van der Waals surface area contributed by atoms with Crippen molar-refractivity contribution in [2.45, 2.75) is 17.9 Å². The average Bonchev–Trinajstić information content (AvgIpc) is 2.25. The number of hydrogen-bond acceptors (Lipinski definition) is 3. The first-order chi connectivity index (χ1) is 7.86. The molecule has 96 valence electrons. The van der Waals surface area contributed by atoms with Gasteiger partial charge in [-0.2, -0.15) is 0 Å². The highest BCUT2D eigenvalue weighted by Crippen LogP contribution is 2.25. The SMILES string of the molecule is CNC(C)CNS(=O)(=O)c1ccc(Cl)cc1Br. The molecule has 17 heavy (non-hydrogen) atoms. The summed E-state index contributed by atoms with van der Waals surface area (Å²) in [6, 6.07) is 4.63. The van der Waals surface area contributed by atoms with E-state index in [9.17, 15) is 8.42 Å². The lowest BCUT2D eigenvalue weighted by atomic mass is 10.4. The Bertz CT molecular complexity index is 493. The summed E-state index contributed by atoms with van der Waals surface area (Å²) < 4.78 is 26.9. The molecule has 1 aromatic rings. The predicted molar refractivity (Wildman–Crippen MR) is 72.9 cm³/mol. The van der Waals surface area contributed by atoms with Gasteiger partial charge in [0, 0.05) is 22.1 Å². The minimum absolute atomic E-state index is 0.0656. The van der Waals surface area contributed by atoms with Crippen LogP contribution in [0.3, 0.4) is 0 Å². The van der Waals surface area contributed by atoms with Crippen LogP contribution in [0, 0.1) is 0 Å².